The zero-order valence-electron chi connectivity index (χ0n) is 10.9. The number of carbonyl (C=O) groups excluding carboxylic acids is 1. The van der Waals surface area contributed by atoms with Gasteiger partial charge in [0.05, 0.1) is 6.10 Å². The zero-order valence-corrected chi connectivity index (χ0v) is 10.9. The predicted molar refractivity (Wildman–Crippen MR) is 71.7 cm³/mol. The van der Waals surface area contributed by atoms with Crippen molar-refractivity contribution in [1.82, 2.24) is 5.32 Å². The molecule has 2 N–H and O–H groups in total. The number of nitrogens with one attached hydrogen (secondary N) is 1. The van der Waals surface area contributed by atoms with E-state index >= 15 is 0 Å². The maximum Gasteiger partial charge on any atom is 0.227 e. The summed E-state index contributed by atoms with van der Waals surface area (Å²) in [6, 6.07) is 5.84. The van der Waals surface area contributed by atoms with Crippen LogP contribution in [0.2, 0.25) is 0 Å². The minimum Gasteiger partial charge on any atom is -0.387 e. The Labute approximate surface area is 108 Å². The average molecular weight is 248 g/mol. The molecule has 0 bridgehead atoms. The van der Waals surface area contributed by atoms with Crippen molar-refractivity contribution >= 4 is 11.6 Å². The number of fused-ring (bicyclic) bond motifs is 1. The third-order valence-corrected chi connectivity index (χ3v) is 3.42. The van der Waals surface area contributed by atoms with Crippen LogP contribution in [0.3, 0.4) is 0 Å². The molecular formula is C14H20N2O2. The normalized spacial score (nSPS) is 16.6. The van der Waals surface area contributed by atoms with E-state index in [0.717, 1.165) is 29.8 Å². The number of amides is 1. The standard InChI is InChI=1S/C14H20N2O2/c1-3-15-9-13(17)11-4-6-12-10(8-11)5-7-14(18)16(12)2/h4,6,8,13,15,17H,3,5,7,9H2,1-2H3. The first-order valence-electron chi connectivity index (χ1n) is 6.41. The van der Waals surface area contributed by atoms with Crippen molar-refractivity contribution in [2.75, 3.05) is 25.0 Å². The van der Waals surface area contributed by atoms with Crippen molar-refractivity contribution in [3.05, 3.63) is 29.3 Å². The van der Waals surface area contributed by atoms with Crippen molar-refractivity contribution in [3.63, 3.8) is 0 Å². The molecule has 4 heteroatoms. The molecule has 0 saturated carbocycles. The molecule has 0 spiro atoms. The van der Waals surface area contributed by atoms with E-state index in [2.05, 4.69) is 5.32 Å². The Bertz CT molecular complexity index is 445. The smallest absolute Gasteiger partial charge is 0.227 e. The molecular weight excluding hydrogens is 228 g/mol. The maximum atomic E-state index is 11.6. The number of aliphatic hydroxyl groups excluding tert-OH is 1. The van der Waals surface area contributed by atoms with E-state index in [-0.39, 0.29) is 5.91 Å². The number of hydrogen-bond acceptors (Lipinski definition) is 3. The first kappa shape index (κ1) is 13.1. The van der Waals surface area contributed by atoms with Crippen LogP contribution in [0, 0.1) is 0 Å². The van der Waals surface area contributed by atoms with Gasteiger partial charge in [0, 0.05) is 25.7 Å². The summed E-state index contributed by atoms with van der Waals surface area (Å²) in [4.78, 5) is 13.3. The monoisotopic (exact) mass is 248 g/mol. The summed E-state index contributed by atoms with van der Waals surface area (Å²) in [5, 5.41) is 13.2. The Balaban J connectivity index is 2.20. The Morgan fingerprint density at radius 1 is 1.44 bits per heavy atom. The van der Waals surface area contributed by atoms with Gasteiger partial charge in [-0.25, -0.2) is 0 Å². The van der Waals surface area contributed by atoms with Crippen LogP contribution in [0.5, 0.6) is 0 Å². The van der Waals surface area contributed by atoms with Gasteiger partial charge in [-0.05, 0) is 30.2 Å². The number of aryl methyl sites for hydroxylation is 1. The van der Waals surface area contributed by atoms with Crippen LogP contribution in [0.1, 0.15) is 30.6 Å². The van der Waals surface area contributed by atoms with Crippen LogP contribution in [0.4, 0.5) is 5.69 Å². The van der Waals surface area contributed by atoms with Crippen LogP contribution in [-0.2, 0) is 11.2 Å². The number of likely N-dealkylation sites (N-methyl/N-ethyl adjacent to an activating group) is 1. The highest BCUT2D eigenvalue weighted by molar-refractivity contribution is 5.95. The van der Waals surface area contributed by atoms with Crippen molar-refractivity contribution in [1.29, 1.82) is 0 Å². The predicted octanol–water partition coefficient (Wildman–Crippen LogP) is 1.24. The Morgan fingerprint density at radius 2 is 2.22 bits per heavy atom. The summed E-state index contributed by atoms with van der Waals surface area (Å²) in [5.74, 6) is 0.156. The Kier molecular flexibility index (Phi) is 3.99. The maximum absolute atomic E-state index is 11.6. The minimum atomic E-state index is -0.488. The highest BCUT2D eigenvalue weighted by Gasteiger charge is 2.21. The molecule has 98 valence electrons. The zero-order chi connectivity index (χ0) is 13.1. The molecule has 0 aliphatic carbocycles. The van der Waals surface area contributed by atoms with Crippen molar-refractivity contribution in [3.8, 4) is 0 Å². The molecule has 0 radical (unpaired) electrons. The first-order valence-corrected chi connectivity index (χ1v) is 6.41. The average Bonchev–Trinajstić information content (AvgIpc) is 2.40. The molecule has 1 heterocycles. The summed E-state index contributed by atoms with van der Waals surface area (Å²) in [7, 11) is 1.80. The van der Waals surface area contributed by atoms with Crippen molar-refractivity contribution in [2.24, 2.45) is 0 Å². The summed E-state index contributed by atoms with van der Waals surface area (Å²) < 4.78 is 0. The fraction of sp³-hybridized carbons (Fsp3) is 0.500. The van der Waals surface area contributed by atoms with E-state index in [4.69, 9.17) is 0 Å². The lowest BCUT2D eigenvalue weighted by molar-refractivity contribution is -0.118. The number of hydrogen-bond donors (Lipinski definition) is 2. The lowest BCUT2D eigenvalue weighted by atomic mass is 9.97. The number of carbonyl (C=O) groups is 1. The van der Waals surface area contributed by atoms with E-state index in [9.17, 15) is 9.90 Å². The van der Waals surface area contributed by atoms with Gasteiger partial charge in [-0.2, -0.15) is 0 Å². The topological polar surface area (TPSA) is 52.6 Å². The molecule has 0 saturated heterocycles. The van der Waals surface area contributed by atoms with Crippen molar-refractivity contribution in [2.45, 2.75) is 25.9 Å². The molecule has 1 atom stereocenters. The molecule has 0 fully saturated rings. The Hall–Kier alpha value is -1.39. The second-order valence-electron chi connectivity index (χ2n) is 4.66. The molecule has 2 rings (SSSR count). The second-order valence-corrected chi connectivity index (χ2v) is 4.66. The van der Waals surface area contributed by atoms with Gasteiger partial charge in [0.15, 0.2) is 0 Å². The molecule has 1 aromatic carbocycles. The highest BCUT2D eigenvalue weighted by atomic mass is 16.3. The number of aliphatic hydroxyl groups is 1. The molecule has 1 aliphatic rings. The molecule has 1 aromatic rings. The molecule has 1 aliphatic heterocycles. The van der Waals surface area contributed by atoms with Crippen LogP contribution >= 0.6 is 0 Å². The van der Waals surface area contributed by atoms with Crippen LogP contribution in [-0.4, -0.2) is 31.2 Å². The number of anilines is 1. The van der Waals surface area contributed by atoms with E-state index in [0.29, 0.717) is 13.0 Å². The first-order chi connectivity index (χ1) is 8.63. The SMILES string of the molecule is CCNCC(O)c1ccc2c(c1)CCC(=O)N2C. The Morgan fingerprint density at radius 3 is 2.94 bits per heavy atom. The quantitative estimate of drug-likeness (QED) is 0.843. The van der Waals surface area contributed by atoms with Gasteiger partial charge in [-0.1, -0.05) is 19.1 Å². The number of nitrogens with zero attached hydrogens (tertiary/aromatic N) is 1. The summed E-state index contributed by atoms with van der Waals surface area (Å²) in [5.41, 5.74) is 3.02. The highest BCUT2D eigenvalue weighted by Crippen LogP contribution is 2.29. The third kappa shape index (κ3) is 2.54. The minimum absolute atomic E-state index is 0.156. The number of benzene rings is 1. The van der Waals surface area contributed by atoms with E-state index in [1.165, 1.54) is 0 Å². The van der Waals surface area contributed by atoms with Crippen LogP contribution < -0.4 is 10.2 Å². The fourth-order valence-electron chi connectivity index (χ4n) is 2.28. The van der Waals surface area contributed by atoms with E-state index < -0.39 is 6.10 Å². The molecule has 18 heavy (non-hydrogen) atoms. The molecule has 1 unspecified atom stereocenters. The summed E-state index contributed by atoms with van der Waals surface area (Å²) in [6.07, 6.45) is 0.828. The lowest BCUT2D eigenvalue weighted by Crippen LogP contribution is -2.31. The molecule has 0 aromatic heterocycles. The fourth-order valence-corrected chi connectivity index (χ4v) is 2.28. The van der Waals surface area contributed by atoms with Crippen LogP contribution in [0.25, 0.3) is 0 Å². The van der Waals surface area contributed by atoms with E-state index in [1.54, 1.807) is 11.9 Å². The van der Waals surface area contributed by atoms with Gasteiger partial charge < -0.3 is 15.3 Å². The molecule has 4 nitrogen and oxygen atoms in total. The van der Waals surface area contributed by atoms with Gasteiger partial charge in [-0.3, -0.25) is 4.79 Å². The van der Waals surface area contributed by atoms with Crippen molar-refractivity contribution < 1.29 is 9.90 Å². The van der Waals surface area contributed by atoms with Gasteiger partial charge in [0.1, 0.15) is 0 Å². The number of rotatable bonds is 4. The van der Waals surface area contributed by atoms with Gasteiger partial charge in [0.2, 0.25) is 5.91 Å². The van der Waals surface area contributed by atoms with Gasteiger partial charge >= 0.3 is 0 Å². The lowest BCUT2D eigenvalue weighted by Gasteiger charge is -2.26. The summed E-state index contributed by atoms with van der Waals surface area (Å²) in [6.45, 7) is 3.42. The largest absolute Gasteiger partial charge is 0.387 e. The van der Waals surface area contributed by atoms with Crippen LogP contribution in [0.15, 0.2) is 18.2 Å². The van der Waals surface area contributed by atoms with Gasteiger partial charge in [-0.15, -0.1) is 0 Å². The van der Waals surface area contributed by atoms with Gasteiger partial charge in [0.25, 0.3) is 0 Å². The molecule has 1 amide bonds. The second kappa shape index (κ2) is 5.50. The van der Waals surface area contributed by atoms with E-state index in [1.807, 2.05) is 25.1 Å². The third-order valence-electron chi connectivity index (χ3n) is 3.42. The summed E-state index contributed by atoms with van der Waals surface area (Å²) >= 11 is 0.